The van der Waals surface area contributed by atoms with Crippen molar-refractivity contribution < 1.29 is 0 Å². The average molecular weight is 359 g/mol. The second kappa shape index (κ2) is 13.4. The topological polar surface area (TPSA) is 36.4 Å². The van der Waals surface area contributed by atoms with E-state index in [2.05, 4.69) is 42.7 Å². The first-order chi connectivity index (χ1) is 7.20. The summed E-state index contributed by atoms with van der Waals surface area (Å²) in [6.07, 6.45) is 3.32. The van der Waals surface area contributed by atoms with E-state index in [9.17, 15) is 0 Å². The molecule has 0 spiro atoms. The molecule has 0 unspecified atom stereocenters. The minimum Gasteiger partial charge on any atom is -0.357 e. The molecule has 0 aromatic carbocycles. The first-order valence-corrected chi connectivity index (χ1v) is 7.11. The molecule has 0 aromatic heterocycles. The SMILES string of the molecule is CCNC(=NCC(C)C)NCCCSC.I. The molecule has 0 aliphatic carbocycles. The number of halogens is 1. The Kier molecular flexibility index (Phi) is 15.7. The zero-order chi connectivity index (χ0) is 11.5. The number of guanidine groups is 1. The molecule has 0 saturated heterocycles. The van der Waals surface area contributed by atoms with Gasteiger partial charge in [-0.3, -0.25) is 4.99 Å². The van der Waals surface area contributed by atoms with Gasteiger partial charge < -0.3 is 10.6 Å². The summed E-state index contributed by atoms with van der Waals surface area (Å²) in [5.74, 6) is 2.77. The summed E-state index contributed by atoms with van der Waals surface area (Å²) in [7, 11) is 0. The third-order valence-electron chi connectivity index (χ3n) is 1.78. The van der Waals surface area contributed by atoms with Crippen LogP contribution in [-0.2, 0) is 0 Å². The molecule has 0 aromatic rings. The normalized spacial score (nSPS) is 11.2. The van der Waals surface area contributed by atoms with Crippen molar-refractivity contribution in [1.82, 2.24) is 10.6 Å². The van der Waals surface area contributed by atoms with Crippen LogP contribution in [0.25, 0.3) is 0 Å². The number of hydrogen-bond donors (Lipinski definition) is 2. The molecule has 5 heteroatoms. The van der Waals surface area contributed by atoms with Gasteiger partial charge in [0.2, 0.25) is 0 Å². The largest absolute Gasteiger partial charge is 0.357 e. The molecule has 98 valence electrons. The summed E-state index contributed by atoms with van der Waals surface area (Å²) in [4.78, 5) is 4.50. The van der Waals surface area contributed by atoms with E-state index in [1.807, 2.05) is 11.8 Å². The maximum atomic E-state index is 4.50. The zero-order valence-corrected chi connectivity index (χ0v) is 14.0. The number of nitrogens with zero attached hydrogens (tertiary/aromatic N) is 1. The maximum absolute atomic E-state index is 4.50. The van der Waals surface area contributed by atoms with Gasteiger partial charge >= 0.3 is 0 Å². The predicted octanol–water partition coefficient (Wildman–Crippen LogP) is 2.57. The molecule has 0 aliphatic heterocycles. The number of rotatable bonds is 7. The van der Waals surface area contributed by atoms with Gasteiger partial charge in [-0.15, -0.1) is 24.0 Å². The molecule has 0 rings (SSSR count). The van der Waals surface area contributed by atoms with E-state index >= 15 is 0 Å². The lowest BCUT2D eigenvalue weighted by atomic mass is 10.2. The van der Waals surface area contributed by atoms with Crippen LogP contribution in [0.1, 0.15) is 27.2 Å². The Hall–Kier alpha value is 0.350. The van der Waals surface area contributed by atoms with Crippen molar-refractivity contribution in [3.63, 3.8) is 0 Å². The van der Waals surface area contributed by atoms with Crippen LogP contribution < -0.4 is 10.6 Å². The Morgan fingerprint density at radius 1 is 1.31 bits per heavy atom. The van der Waals surface area contributed by atoms with Gasteiger partial charge in [0, 0.05) is 19.6 Å². The van der Waals surface area contributed by atoms with Gasteiger partial charge in [-0.05, 0) is 31.3 Å². The van der Waals surface area contributed by atoms with Gasteiger partial charge in [0.1, 0.15) is 0 Å². The van der Waals surface area contributed by atoms with E-state index in [4.69, 9.17) is 0 Å². The summed E-state index contributed by atoms with van der Waals surface area (Å²) < 4.78 is 0. The Labute approximate surface area is 122 Å². The van der Waals surface area contributed by atoms with Gasteiger partial charge in [-0.25, -0.2) is 0 Å². The molecule has 0 aliphatic rings. The summed E-state index contributed by atoms with van der Waals surface area (Å²) in [5, 5.41) is 6.58. The lowest BCUT2D eigenvalue weighted by Gasteiger charge is -2.11. The molecular weight excluding hydrogens is 333 g/mol. The van der Waals surface area contributed by atoms with E-state index in [0.29, 0.717) is 5.92 Å². The molecule has 16 heavy (non-hydrogen) atoms. The minimum atomic E-state index is 0. The fourth-order valence-corrected chi connectivity index (χ4v) is 1.47. The summed E-state index contributed by atoms with van der Waals surface area (Å²) in [5.41, 5.74) is 0. The fourth-order valence-electron chi connectivity index (χ4n) is 1.04. The third-order valence-corrected chi connectivity index (χ3v) is 2.47. The van der Waals surface area contributed by atoms with Crippen molar-refractivity contribution in [3.05, 3.63) is 0 Å². The number of hydrogen-bond acceptors (Lipinski definition) is 2. The van der Waals surface area contributed by atoms with Crippen LogP contribution in [0.2, 0.25) is 0 Å². The van der Waals surface area contributed by atoms with Crippen LogP contribution in [0.4, 0.5) is 0 Å². The highest BCUT2D eigenvalue weighted by molar-refractivity contribution is 14.0. The lowest BCUT2D eigenvalue weighted by Crippen LogP contribution is -2.38. The van der Waals surface area contributed by atoms with Crippen LogP contribution in [-0.4, -0.2) is 37.6 Å². The van der Waals surface area contributed by atoms with Crippen molar-refractivity contribution in [3.8, 4) is 0 Å². The highest BCUT2D eigenvalue weighted by Crippen LogP contribution is 1.94. The molecule has 0 fully saturated rings. The van der Waals surface area contributed by atoms with Crippen molar-refractivity contribution in [2.45, 2.75) is 27.2 Å². The number of aliphatic imine (C=N–C) groups is 1. The molecular formula is C11H26IN3S. The first-order valence-electron chi connectivity index (χ1n) is 5.71. The Morgan fingerprint density at radius 2 is 2.00 bits per heavy atom. The van der Waals surface area contributed by atoms with Gasteiger partial charge in [-0.1, -0.05) is 13.8 Å². The second-order valence-electron chi connectivity index (χ2n) is 3.89. The van der Waals surface area contributed by atoms with Gasteiger partial charge in [0.15, 0.2) is 5.96 Å². The van der Waals surface area contributed by atoms with Crippen molar-refractivity contribution >= 4 is 41.7 Å². The van der Waals surface area contributed by atoms with E-state index in [1.54, 1.807) is 0 Å². The van der Waals surface area contributed by atoms with Crippen molar-refractivity contribution in [2.75, 3.05) is 31.6 Å². The van der Waals surface area contributed by atoms with E-state index in [1.165, 1.54) is 12.2 Å². The Balaban J connectivity index is 0. The second-order valence-corrected chi connectivity index (χ2v) is 4.87. The smallest absolute Gasteiger partial charge is 0.191 e. The maximum Gasteiger partial charge on any atom is 0.191 e. The number of thioether (sulfide) groups is 1. The molecule has 0 heterocycles. The summed E-state index contributed by atoms with van der Waals surface area (Å²) >= 11 is 1.88. The first kappa shape index (κ1) is 18.7. The third kappa shape index (κ3) is 12.4. The quantitative estimate of drug-likeness (QED) is 0.318. The zero-order valence-electron chi connectivity index (χ0n) is 10.9. The van der Waals surface area contributed by atoms with Gasteiger partial charge in [-0.2, -0.15) is 11.8 Å². The van der Waals surface area contributed by atoms with Crippen LogP contribution in [0, 0.1) is 5.92 Å². The molecule has 0 saturated carbocycles. The predicted molar refractivity (Wildman–Crippen MR) is 87.2 cm³/mol. The fraction of sp³-hybridized carbons (Fsp3) is 0.909. The highest BCUT2D eigenvalue weighted by atomic mass is 127. The molecule has 0 atom stereocenters. The highest BCUT2D eigenvalue weighted by Gasteiger charge is 1.97. The standard InChI is InChI=1S/C11H25N3S.HI/c1-5-12-11(14-9-10(2)3)13-7-6-8-15-4;/h10H,5-9H2,1-4H3,(H2,12,13,14);1H. The van der Waals surface area contributed by atoms with E-state index < -0.39 is 0 Å². The molecule has 0 radical (unpaired) electrons. The van der Waals surface area contributed by atoms with Crippen LogP contribution in [0.5, 0.6) is 0 Å². The van der Waals surface area contributed by atoms with Crippen LogP contribution in [0.15, 0.2) is 4.99 Å². The van der Waals surface area contributed by atoms with Gasteiger partial charge in [0.25, 0.3) is 0 Å². The van der Waals surface area contributed by atoms with Crippen molar-refractivity contribution in [1.29, 1.82) is 0 Å². The van der Waals surface area contributed by atoms with Crippen LogP contribution >= 0.6 is 35.7 Å². The molecule has 3 nitrogen and oxygen atoms in total. The molecule has 2 N–H and O–H groups in total. The van der Waals surface area contributed by atoms with Gasteiger partial charge in [0.05, 0.1) is 0 Å². The van der Waals surface area contributed by atoms with E-state index in [0.717, 1.165) is 25.6 Å². The Bertz CT molecular complexity index is 175. The minimum absolute atomic E-state index is 0. The summed E-state index contributed by atoms with van der Waals surface area (Å²) in [6, 6.07) is 0. The monoisotopic (exact) mass is 359 g/mol. The Morgan fingerprint density at radius 3 is 2.50 bits per heavy atom. The van der Waals surface area contributed by atoms with Crippen molar-refractivity contribution in [2.24, 2.45) is 10.9 Å². The lowest BCUT2D eigenvalue weighted by molar-refractivity contribution is 0.656. The van der Waals surface area contributed by atoms with Crippen LogP contribution in [0.3, 0.4) is 0 Å². The summed E-state index contributed by atoms with van der Waals surface area (Å²) in [6.45, 7) is 9.27. The number of nitrogens with one attached hydrogen (secondary N) is 2. The molecule has 0 bridgehead atoms. The average Bonchev–Trinajstić information content (AvgIpc) is 2.20. The van der Waals surface area contributed by atoms with E-state index in [-0.39, 0.29) is 24.0 Å². The molecule has 0 amide bonds.